The summed E-state index contributed by atoms with van der Waals surface area (Å²) in [5.41, 5.74) is 0.596. The normalized spacial score (nSPS) is 18.5. The largest absolute Gasteiger partial charge is 0.490 e. The van der Waals surface area contributed by atoms with E-state index in [0.29, 0.717) is 29.0 Å². The molecule has 1 saturated heterocycles. The molecule has 1 heterocycles. The second-order valence-corrected chi connectivity index (χ2v) is 8.61. The number of hydrogen-bond donors (Lipinski definition) is 3. The van der Waals surface area contributed by atoms with Gasteiger partial charge in [0.25, 0.3) is 0 Å². The number of amides is 1. The zero-order valence-electron chi connectivity index (χ0n) is 19.7. The Morgan fingerprint density at radius 1 is 1.19 bits per heavy atom. The number of hydrogen-bond acceptors (Lipinski definition) is 6. The van der Waals surface area contributed by atoms with Crippen LogP contribution in [0.4, 0.5) is 18.9 Å². The Kier molecular flexibility index (Phi) is 10.8. The Hall–Kier alpha value is -3.02. The number of ether oxygens (including phenoxy) is 2. The number of halogens is 4. The molecular weight excluding hydrogens is 505 g/mol. The number of aliphatic carboxylic acids is 1. The Morgan fingerprint density at radius 2 is 1.81 bits per heavy atom. The van der Waals surface area contributed by atoms with Crippen LogP contribution >= 0.6 is 11.6 Å². The molecule has 2 aromatic carbocycles. The minimum atomic E-state index is -5.08. The zero-order valence-corrected chi connectivity index (χ0v) is 20.4. The number of carboxylic acid groups (broad SMARTS) is 1. The lowest BCUT2D eigenvalue weighted by molar-refractivity contribution is -0.192. The molecule has 0 bridgehead atoms. The molecule has 3 rings (SSSR count). The van der Waals surface area contributed by atoms with E-state index in [4.69, 9.17) is 31.0 Å². The number of nitrogens with zero attached hydrogens (tertiary/aromatic N) is 1. The maximum atomic E-state index is 11.3. The van der Waals surface area contributed by atoms with Gasteiger partial charge in [0.15, 0.2) is 0 Å². The molecule has 1 aliphatic heterocycles. The zero-order chi connectivity index (χ0) is 26.9. The molecular formula is C24H28ClF3N2O6. The fourth-order valence-corrected chi connectivity index (χ4v) is 3.61. The van der Waals surface area contributed by atoms with Gasteiger partial charge in [0, 0.05) is 37.5 Å². The minimum Gasteiger partial charge on any atom is -0.489 e. The predicted octanol–water partition coefficient (Wildman–Crippen LogP) is 4.21. The van der Waals surface area contributed by atoms with E-state index in [1.807, 2.05) is 36.4 Å². The van der Waals surface area contributed by atoms with Crippen molar-refractivity contribution in [1.82, 2.24) is 4.90 Å². The number of anilines is 1. The van der Waals surface area contributed by atoms with Crippen LogP contribution in [0.1, 0.15) is 20.3 Å². The third-order valence-corrected chi connectivity index (χ3v) is 5.35. The summed E-state index contributed by atoms with van der Waals surface area (Å²) in [6.45, 7) is 4.95. The lowest BCUT2D eigenvalue weighted by atomic mass is 10.2. The summed E-state index contributed by atoms with van der Waals surface area (Å²) in [5.74, 6) is -1.58. The first-order valence-corrected chi connectivity index (χ1v) is 11.4. The number of rotatable bonds is 8. The lowest BCUT2D eigenvalue weighted by Crippen LogP contribution is -2.38. The smallest absolute Gasteiger partial charge is 0.489 e. The number of carbonyl (C=O) groups excluding carboxylic acids is 1. The van der Waals surface area contributed by atoms with E-state index in [1.54, 1.807) is 12.1 Å². The van der Waals surface area contributed by atoms with Crippen molar-refractivity contribution >= 4 is 29.2 Å². The molecule has 0 aliphatic carbocycles. The van der Waals surface area contributed by atoms with Crippen LogP contribution in [0.5, 0.6) is 11.5 Å². The number of nitrogens with one attached hydrogen (secondary N) is 1. The highest BCUT2D eigenvalue weighted by Crippen LogP contribution is 2.26. The average Bonchev–Trinajstić information content (AvgIpc) is 3.12. The third kappa shape index (κ3) is 9.92. The number of carbonyl (C=O) groups is 2. The van der Waals surface area contributed by atoms with Crippen molar-refractivity contribution in [3.63, 3.8) is 0 Å². The number of β-amino-alcohol motifs (C(OH)–C–C–N with tert-alkyl or cyclic N) is 1. The van der Waals surface area contributed by atoms with Crippen molar-refractivity contribution in [2.75, 3.05) is 25.0 Å². The van der Waals surface area contributed by atoms with Crippen LogP contribution in [-0.2, 0) is 9.59 Å². The molecule has 1 aliphatic rings. The maximum Gasteiger partial charge on any atom is 0.490 e. The van der Waals surface area contributed by atoms with E-state index in [0.717, 1.165) is 18.7 Å². The first kappa shape index (κ1) is 29.2. The highest BCUT2D eigenvalue weighted by Gasteiger charge is 2.38. The quantitative estimate of drug-likeness (QED) is 0.467. The topological polar surface area (TPSA) is 108 Å². The molecule has 12 heteroatoms. The van der Waals surface area contributed by atoms with Crippen molar-refractivity contribution in [3.05, 3.63) is 53.6 Å². The number of likely N-dealkylation sites (tertiary alicyclic amines) is 1. The highest BCUT2D eigenvalue weighted by atomic mass is 35.5. The molecule has 0 radical (unpaired) electrons. The fourth-order valence-electron chi connectivity index (χ4n) is 3.49. The summed E-state index contributed by atoms with van der Waals surface area (Å²) in [4.78, 5) is 22.4. The molecule has 0 spiro atoms. The van der Waals surface area contributed by atoms with Gasteiger partial charge in [-0.25, -0.2) is 4.79 Å². The predicted molar refractivity (Wildman–Crippen MR) is 127 cm³/mol. The summed E-state index contributed by atoms with van der Waals surface area (Å²) in [5, 5.41) is 21.0. The van der Waals surface area contributed by atoms with E-state index in [2.05, 4.69) is 17.1 Å². The van der Waals surface area contributed by atoms with Gasteiger partial charge in [0.05, 0.1) is 5.69 Å². The number of alkyl halides is 3. The van der Waals surface area contributed by atoms with Crippen LogP contribution in [0.3, 0.4) is 0 Å². The number of benzene rings is 2. The monoisotopic (exact) mass is 532 g/mol. The molecule has 2 aromatic rings. The van der Waals surface area contributed by atoms with Gasteiger partial charge >= 0.3 is 12.1 Å². The van der Waals surface area contributed by atoms with Crippen molar-refractivity contribution in [3.8, 4) is 11.5 Å². The first-order valence-electron chi connectivity index (χ1n) is 11.0. The highest BCUT2D eigenvalue weighted by molar-refractivity contribution is 6.30. The van der Waals surface area contributed by atoms with Gasteiger partial charge in [0.1, 0.15) is 30.3 Å². The number of para-hydroxylation sites is 2. The third-order valence-electron chi connectivity index (χ3n) is 5.10. The molecule has 0 unspecified atom stereocenters. The van der Waals surface area contributed by atoms with Crippen molar-refractivity contribution < 1.29 is 42.4 Å². The molecule has 8 nitrogen and oxygen atoms in total. The minimum absolute atomic E-state index is 0.0692. The second-order valence-electron chi connectivity index (χ2n) is 8.18. The van der Waals surface area contributed by atoms with Gasteiger partial charge in [-0.1, -0.05) is 23.7 Å². The van der Waals surface area contributed by atoms with E-state index < -0.39 is 18.2 Å². The standard InChI is InChI=1S/C22H27ClN2O4.C2HF3O2/c1-15-11-20(29-19-9-7-17(23)8-10-19)13-25(15)12-18(27)14-28-22-6-4-3-5-21(22)24-16(2)26;3-2(4,5)1(6)7/h3-10,15,18,20,27H,11-14H2,1-2H3,(H,24,26);(H,6,7)/t15-,18+,20+;/m1./s1. The van der Waals surface area contributed by atoms with E-state index in [9.17, 15) is 23.1 Å². The molecule has 3 N–H and O–H groups in total. The van der Waals surface area contributed by atoms with Crippen molar-refractivity contribution in [1.29, 1.82) is 0 Å². The number of aliphatic hydroxyl groups excluding tert-OH is 1. The van der Waals surface area contributed by atoms with E-state index >= 15 is 0 Å². The van der Waals surface area contributed by atoms with Gasteiger partial charge in [0.2, 0.25) is 5.91 Å². The van der Waals surface area contributed by atoms with Crippen LogP contribution in [0.2, 0.25) is 5.02 Å². The first-order chi connectivity index (χ1) is 16.8. The maximum absolute atomic E-state index is 11.3. The SMILES string of the molecule is CC(=O)Nc1ccccc1OC[C@@H](O)CN1C[C@@H](Oc2ccc(Cl)cc2)C[C@H]1C.O=C(O)C(F)(F)F. The second kappa shape index (κ2) is 13.3. The average molecular weight is 533 g/mol. The summed E-state index contributed by atoms with van der Waals surface area (Å²) >= 11 is 5.92. The number of aliphatic hydroxyl groups is 1. The molecule has 36 heavy (non-hydrogen) atoms. The van der Waals surface area contributed by atoms with Gasteiger partial charge in [-0.3, -0.25) is 9.69 Å². The van der Waals surface area contributed by atoms with Crippen LogP contribution < -0.4 is 14.8 Å². The van der Waals surface area contributed by atoms with Gasteiger partial charge in [-0.05, 0) is 43.3 Å². The molecule has 0 saturated carbocycles. The lowest BCUT2D eigenvalue weighted by Gasteiger charge is -2.24. The molecule has 0 aromatic heterocycles. The molecule has 1 amide bonds. The van der Waals surface area contributed by atoms with Crippen molar-refractivity contribution in [2.45, 2.75) is 44.7 Å². The van der Waals surface area contributed by atoms with Crippen molar-refractivity contribution in [2.24, 2.45) is 0 Å². The fraction of sp³-hybridized carbons (Fsp3) is 0.417. The number of carboxylic acids is 1. The Morgan fingerprint density at radius 3 is 2.39 bits per heavy atom. The Balaban J connectivity index is 0.000000572. The summed E-state index contributed by atoms with van der Waals surface area (Å²) < 4.78 is 43.5. The van der Waals surface area contributed by atoms with Crippen LogP contribution in [0.25, 0.3) is 0 Å². The molecule has 198 valence electrons. The van der Waals surface area contributed by atoms with Gasteiger partial charge < -0.3 is 25.0 Å². The summed E-state index contributed by atoms with van der Waals surface area (Å²) in [6, 6.07) is 14.8. The van der Waals surface area contributed by atoms with Crippen LogP contribution in [0.15, 0.2) is 48.5 Å². The van der Waals surface area contributed by atoms with Gasteiger partial charge in [-0.15, -0.1) is 0 Å². The molecule has 1 fully saturated rings. The van der Waals surface area contributed by atoms with E-state index in [-0.39, 0.29) is 18.6 Å². The van der Waals surface area contributed by atoms with Crippen LogP contribution in [0, 0.1) is 0 Å². The van der Waals surface area contributed by atoms with Crippen LogP contribution in [-0.4, -0.2) is 71.1 Å². The summed E-state index contributed by atoms with van der Waals surface area (Å²) in [6.07, 6.45) is -4.78. The summed E-state index contributed by atoms with van der Waals surface area (Å²) in [7, 11) is 0. The Labute approximate surface area is 211 Å². The molecule has 3 atom stereocenters. The van der Waals surface area contributed by atoms with E-state index in [1.165, 1.54) is 6.92 Å². The van der Waals surface area contributed by atoms with Gasteiger partial charge in [-0.2, -0.15) is 13.2 Å². The Bertz CT molecular complexity index is 1010.